The van der Waals surface area contributed by atoms with Crippen molar-refractivity contribution in [1.29, 1.82) is 0 Å². The molecule has 0 fully saturated rings. The highest BCUT2D eigenvalue weighted by Gasteiger charge is 2.24. The Morgan fingerprint density at radius 1 is 1.53 bits per heavy atom. The van der Waals surface area contributed by atoms with Crippen LogP contribution in [0.5, 0.6) is 0 Å². The fourth-order valence-corrected chi connectivity index (χ4v) is 2.60. The molecule has 1 amide bonds. The fourth-order valence-electron chi connectivity index (χ4n) is 1.12. The van der Waals surface area contributed by atoms with Gasteiger partial charge in [-0.05, 0) is 48.3 Å². The average Bonchev–Trinajstić information content (AvgIpc) is 2.64. The zero-order valence-corrected chi connectivity index (χ0v) is 13.2. The molecule has 0 atom stereocenters. The minimum atomic E-state index is -0.476. The smallest absolute Gasteiger partial charge is 0.226 e. The predicted octanol–water partition coefficient (Wildman–Crippen LogP) is 2.58. The third-order valence-electron chi connectivity index (χ3n) is 2.41. The van der Waals surface area contributed by atoms with Gasteiger partial charge in [-0.25, -0.2) is 0 Å². The Bertz CT molecular complexity index is 368. The Morgan fingerprint density at radius 2 is 2.18 bits per heavy atom. The number of amides is 1. The summed E-state index contributed by atoms with van der Waals surface area (Å²) in [5, 5.41) is 2.90. The highest BCUT2D eigenvalue weighted by Crippen LogP contribution is 2.22. The molecule has 0 saturated carbocycles. The number of thiophene rings is 1. The monoisotopic (exact) mass is 340 g/mol. The molecule has 0 unspecified atom stereocenters. The first-order chi connectivity index (χ1) is 7.45. The molecule has 0 bridgehead atoms. The molecule has 0 aromatic carbocycles. The summed E-state index contributed by atoms with van der Waals surface area (Å²) >= 11 is 5.10. The van der Waals surface area contributed by atoms with Gasteiger partial charge < -0.3 is 11.1 Å². The Kier molecular flexibility index (Phi) is 7.32. The zero-order chi connectivity index (χ0) is 12.2. The molecule has 1 aromatic heterocycles. The van der Waals surface area contributed by atoms with Gasteiger partial charge in [0.2, 0.25) is 5.91 Å². The number of rotatable bonds is 5. The fraction of sp³-hybridized carbons (Fsp3) is 0.545. The minimum Gasteiger partial charge on any atom is -0.355 e. The van der Waals surface area contributed by atoms with Gasteiger partial charge in [0.15, 0.2) is 0 Å². The van der Waals surface area contributed by atoms with E-state index < -0.39 is 5.41 Å². The highest BCUT2D eigenvalue weighted by atomic mass is 79.9. The summed E-state index contributed by atoms with van der Waals surface area (Å²) in [4.78, 5) is 13.0. The molecule has 17 heavy (non-hydrogen) atoms. The normalized spacial score (nSPS) is 10.8. The molecule has 0 saturated heterocycles. The van der Waals surface area contributed by atoms with Gasteiger partial charge in [0.25, 0.3) is 0 Å². The summed E-state index contributed by atoms with van der Waals surface area (Å²) in [6.07, 6.45) is 0.864. The van der Waals surface area contributed by atoms with Gasteiger partial charge in [-0.2, -0.15) is 0 Å². The molecule has 0 aliphatic heterocycles. The molecular formula is C11H18BrClN2OS. The maximum Gasteiger partial charge on any atom is 0.226 e. The molecule has 6 heteroatoms. The highest BCUT2D eigenvalue weighted by molar-refractivity contribution is 9.11. The number of carbonyl (C=O) groups is 1. The maximum absolute atomic E-state index is 11.7. The van der Waals surface area contributed by atoms with Crippen LogP contribution >= 0.6 is 39.7 Å². The number of nitrogens with one attached hydrogen (secondary N) is 1. The average molecular weight is 342 g/mol. The minimum absolute atomic E-state index is 0. The van der Waals surface area contributed by atoms with E-state index in [1.165, 1.54) is 4.88 Å². The van der Waals surface area contributed by atoms with Crippen LogP contribution in [-0.4, -0.2) is 19.0 Å². The summed E-state index contributed by atoms with van der Waals surface area (Å²) in [6.45, 7) is 4.73. The SMILES string of the molecule is CC(C)(CN)C(=O)NCCc1ccc(Br)s1.Cl. The van der Waals surface area contributed by atoms with Crippen molar-refractivity contribution in [2.75, 3.05) is 13.1 Å². The van der Waals surface area contributed by atoms with Crippen LogP contribution in [0.25, 0.3) is 0 Å². The molecule has 98 valence electrons. The van der Waals surface area contributed by atoms with Crippen LogP contribution in [-0.2, 0) is 11.2 Å². The topological polar surface area (TPSA) is 55.1 Å². The lowest BCUT2D eigenvalue weighted by Crippen LogP contribution is -2.42. The standard InChI is InChI=1S/C11H17BrN2OS.ClH/c1-11(2,7-13)10(15)14-6-5-8-3-4-9(12)16-8;/h3-4H,5-7,13H2,1-2H3,(H,14,15);1H. The third kappa shape index (κ3) is 5.38. The molecule has 1 heterocycles. The van der Waals surface area contributed by atoms with E-state index >= 15 is 0 Å². The Hall–Kier alpha value is -0.100. The van der Waals surface area contributed by atoms with Gasteiger partial charge in [-0.3, -0.25) is 4.79 Å². The first-order valence-corrected chi connectivity index (χ1v) is 6.79. The van der Waals surface area contributed by atoms with Crippen LogP contribution in [0.4, 0.5) is 0 Å². The van der Waals surface area contributed by atoms with E-state index in [1.54, 1.807) is 11.3 Å². The van der Waals surface area contributed by atoms with Crippen LogP contribution in [0.15, 0.2) is 15.9 Å². The largest absolute Gasteiger partial charge is 0.355 e. The van der Waals surface area contributed by atoms with Crippen molar-refractivity contribution < 1.29 is 4.79 Å². The van der Waals surface area contributed by atoms with Gasteiger partial charge in [0.1, 0.15) is 0 Å². The number of hydrogen-bond donors (Lipinski definition) is 2. The summed E-state index contributed by atoms with van der Waals surface area (Å²) in [5.74, 6) is 0.0191. The number of nitrogens with two attached hydrogens (primary N) is 1. The lowest BCUT2D eigenvalue weighted by molar-refractivity contribution is -0.128. The Labute approximate surface area is 121 Å². The molecule has 0 spiro atoms. The third-order valence-corrected chi connectivity index (χ3v) is 4.09. The Morgan fingerprint density at radius 3 is 2.65 bits per heavy atom. The second-order valence-electron chi connectivity index (χ2n) is 4.30. The van der Waals surface area contributed by atoms with Crippen LogP contribution in [0, 0.1) is 5.41 Å². The number of halogens is 2. The number of hydrogen-bond acceptors (Lipinski definition) is 3. The Balaban J connectivity index is 0.00000256. The molecular weight excluding hydrogens is 324 g/mol. The van der Waals surface area contributed by atoms with E-state index in [9.17, 15) is 4.79 Å². The summed E-state index contributed by atoms with van der Waals surface area (Å²) in [5.41, 5.74) is 5.05. The van der Waals surface area contributed by atoms with Crippen molar-refractivity contribution in [3.63, 3.8) is 0 Å². The van der Waals surface area contributed by atoms with Crippen molar-refractivity contribution in [3.8, 4) is 0 Å². The second-order valence-corrected chi connectivity index (χ2v) is 6.85. The summed E-state index contributed by atoms with van der Waals surface area (Å²) in [7, 11) is 0. The molecule has 0 radical (unpaired) electrons. The van der Waals surface area contributed by atoms with Gasteiger partial charge in [0, 0.05) is 18.0 Å². The first kappa shape index (κ1) is 16.9. The van der Waals surface area contributed by atoms with E-state index in [4.69, 9.17) is 5.73 Å². The van der Waals surface area contributed by atoms with E-state index in [-0.39, 0.29) is 18.3 Å². The van der Waals surface area contributed by atoms with E-state index in [2.05, 4.69) is 27.3 Å². The van der Waals surface area contributed by atoms with E-state index in [1.807, 2.05) is 19.9 Å². The second kappa shape index (κ2) is 7.36. The van der Waals surface area contributed by atoms with E-state index in [0.29, 0.717) is 13.1 Å². The van der Waals surface area contributed by atoms with Crippen molar-refractivity contribution >= 4 is 45.6 Å². The van der Waals surface area contributed by atoms with Gasteiger partial charge in [-0.15, -0.1) is 23.7 Å². The van der Waals surface area contributed by atoms with Gasteiger partial charge in [-0.1, -0.05) is 0 Å². The predicted molar refractivity (Wildman–Crippen MR) is 78.8 cm³/mol. The van der Waals surface area contributed by atoms with Crippen molar-refractivity contribution in [2.24, 2.45) is 11.1 Å². The van der Waals surface area contributed by atoms with Crippen molar-refractivity contribution in [2.45, 2.75) is 20.3 Å². The van der Waals surface area contributed by atoms with Gasteiger partial charge in [0.05, 0.1) is 9.20 Å². The quantitative estimate of drug-likeness (QED) is 0.865. The lowest BCUT2D eigenvalue weighted by atomic mass is 9.93. The van der Waals surface area contributed by atoms with Crippen LogP contribution < -0.4 is 11.1 Å². The van der Waals surface area contributed by atoms with Crippen LogP contribution in [0.2, 0.25) is 0 Å². The van der Waals surface area contributed by atoms with Crippen LogP contribution in [0.3, 0.4) is 0 Å². The van der Waals surface area contributed by atoms with Gasteiger partial charge >= 0.3 is 0 Å². The van der Waals surface area contributed by atoms with Crippen molar-refractivity contribution in [1.82, 2.24) is 5.32 Å². The molecule has 3 N–H and O–H groups in total. The van der Waals surface area contributed by atoms with Crippen molar-refractivity contribution in [3.05, 3.63) is 20.8 Å². The molecule has 1 rings (SSSR count). The number of carbonyl (C=O) groups excluding carboxylic acids is 1. The molecule has 3 nitrogen and oxygen atoms in total. The summed E-state index contributed by atoms with van der Waals surface area (Å²) in [6, 6.07) is 4.08. The molecule has 0 aliphatic rings. The molecule has 1 aromatic rings. The first-order valence-electron chi connectivity index (χ1n) is 5.18. The van der Waals surface area contributed by atoms with Crippen LogP contribution in [0.1, 0.15) is 18.7 Å². The maximum atomic E-state index is 11.7. The zero-order valence-electron chi connectivity index (χ0n) is 9.96. The molecule has 0 aliphatic carbocycles. The summed E-state index contributed by atoms with van der Waals surface area (Å²) < 4.78 is 1.12. The lowest BCUT2D eigenvalue weighted by Gasteiger charge is -2.21. The van der Waals surface area contributed by atoms with E-state index in [0.717, 1.165) is 10.2 Å².